The molecule has 43 heavy (non-hydrogen) atoms. The molecular formula is C35H33N7O. The Bertz CT molecular complexity index is 1800. The lowest BCUT2D eigenvalue weighted by Gasteiger charge is -2.40. The lowest BCUT2D eigenvalue weighted by Crippen LogP contribution is -2.40. The maximum atomic E-state index is 9.24. The Morgan fingerprint density at radius 1 is 0.930 bits per heavy atom. The molecule has 0 bridgehead atoms. The Morgan fingerprint density at radius 3 is 2.49 bits per heavy atom. The van der Waals surface area contributed by atoms with E-state index >= 15 is 0 Å². The van der Waals surface area contributed by atoms with Crippen LogP contribution in [0, 0.1) is 17.2 Å². The van der Waals surface area contributed by atoms with E-state index in [0.717, 1.165) is 77.8 Å². The van der Waals surface area contributed by atoms with Crippen molar-refractivity contribution in [1.82, 2.24) is 29.4 Å². The van der Waals surface area contributed by atoms with Gasteiger partial charge in [0.1, 0.15) is 17.6 Å². The highest BCUT2D eigenvalue weighted by atomic mass is 16.5. The summed E-state index contributed by atoms with van der Waals surface area (Å²) in [7, 11) is 0. The Hall–Kier alpha value is -4.87. The standard InChI is InChI=1S/C35H33N7O/c1-35(2,30-13-17-38-31(20-36)39-30)27-14-18-41(19-15-27)22-24-8-10-25(11-9-24)32-33(26-6-4-3-5-7-26)42-23-43-29-12-16-37-21-28(29)34(42)40-32/h3-13,16-17,21,27H,14-15,18-19,22-23H2,1-2H3. The first-order valence-electron chi connectivity index (χ1n) is 14.8. The second kappa shape index (κ2) is 11.1. The average molecular weight is 568 g/mol. The monoisotopic (exact) mass is 567 g/mol. The summed E-state index contributed by atoms with van der Waals surface area (Å²) in [5.74, 6) is 2.43. The first kappa shape index (κ1) is 27.0. The molecule has 0 aliphatic carbocycles. The van der Waals surface area contributed by atoms with E-state index in [2.05, 4.69) is 92.9 Å². The van der Waals surface area contributed by atoms with Crippen LogP contribution in [-0.4, -0.2) is 42.5 Å². The first-order valence-corrected chi connectivity index (χ1v) is 14.8. The molecule has 2 aliphatic rings. The van der Waals surface area contributed by atoms with Gasteiger partial charge in [-0.2, -0.15) is 5.26 Å². The van der Waals surface area contributed by atoms with Crippen molar-refractivity contribution in [3.05, 3.63) is 102 Å². The molecular weight excluding hydrogens is 534 g/mol. The van der Waals surface area contributed by atoms with Crippen molar-refractivity contribution < 1.29 is 4.74 Å². The summed E-state index contributed by atoms with van der Waals surface area (Å²) in [4.78, 5) is 20.6. The van der Waals surface area contributed by atoms with Crippen molar-refractivity contribution in [1.29, 1.82) is 5.26 Å². The first-order chi connectivity index (χ1) is 21.0. The van der Waals surface area contributed by atoms with Gasteiger partial charge in [-0.05, 0) is 49.5 Å². The predicted molar refractivity (Wildman–Crippen MR) is 165 cm³/mol. The van der Waals surface area contributed by atoms with Gasteiger partial charge in [0.2, 0.25) is 5.82 Å². The molecule has 0 saturated carbocycles. The molecule has 0 amide bonds. The Balaban J connectivity index is 1.09. The Kier molecular flexibility index (Phi) is 6.96. The predicted octanol–water partition coefficient (Wildman–Crippen LogP) is 6.48. The van der Waals surface area contributed by atoms with Crippen LogP contribution in [-0.2, 0) is 18.7 Å². The van der Waals surface area contributed by atoms with E-state index in [1.807, 2.05) is 24.4 Å². The summed E-state index contributed by atoms with van der Waals surface area (Å²) in [6.45, 7) is 7.88. The number of hydrogen-bond acceptors (Lipinski definition) is 7. The minimum absolute atomic E-state index is 0.107. The van der Waals surface area contributed by atoms with Crippen LogP contribution in [0.3, 0.4) is 0 Å². The van der Waals surface area contributed by atoms with Gasteiger partial charge >= 0.3 is 0 Å². The fourth-order valence-electron chi connectivity index (χ4n) is 6.50. The van der Waals surface area contributed by atoms with Crippen LogP contribution in [0.15, 0.2) is 85.3 Å². The fraction of sp³-hybridized carbons (Fsp3) is 0.286. The van der Waals surface area contributed by atoms with Crippen molar-refractivity contribution in [3.63, 3.8) is 0 Å². The molecule has 3 aromatic heterocycles. The Labute approximate surface area is 251 Å². The van der Waals surface area contributed by atoms with Gasteiger partial charge in [-0.15, -0.1) is 0 Å². The summed E-state index contributed by atoms with van der Waals surface area (Å²) in [6.07, 6.45) is 7.47. The van der Waals surface area contributed by atoms with Gasteiger partial charge < -0.3 is 4.74 Å². The third-order valence-electron chi connectivity index (χ3n) is 9.04. The normalized spacial score (nSPS) is 15.3. The van der Waals surface area contributed by atoms with Gasteiger partial charge in [-0.3, -0.25) is 14.5 Å². The van der Waals surface area contributed by atoms with E-state index in [-0.39, 0.29) is 11.2 Å². The maximum Gasteiger partial charge on any atom is 0.232 e. The Morgan fingerprint density at radius 2 is 1.72 bits per heavy atom. The van der Waals surface area contributed by atoms with Gasteiger partial charge in [-0.25, -0.2) is 15.0 Å². The number of aromatic nitrogens is 5. The van der Waals surface area contributed by atoms with Crippen molar-refractivity contribution in [3.8, 4) is 45.7 Å². The second-order valence-corrected chi connectivity index (χ2v) is 11.9. The molecule has 1 saturated heterocycles. The number of nitrogens with zero attached hydrogens (tertiary/aromatic N) is 7. The highest BCUT2D eigenvalue weighted by Crippen LogP contribution is 2.41. The summed E-state index contributed by atoms with van der Waals surface area (Å²) >= 11 is 0. The molecule has 5 heterocycles. The fourth-order valence-corrected chi connectivity index (χ4v) is 6.50. The van der Waals surface area contributed by atoms with Crippen molar-refractivity contribution in [2.45, 2.75) is 45.4 Å². The molecule has 5 aromatic rings. The van der Waals surface area contributed by atoms with Gasteiger partial charge in [0.15, 0.2) is 6.73 Å². The van der Waals surface area contributed by atoms with E-state index in [9.17, 15) is 5.26 Å². The number of piperidine rings is 1. The second-order valence-electron chi connectivity index (χ2n) is 11.9. The molecule has 0 radical (unpaired) electrons. The van der Waals surface area contributed by atoms with Gasteiger partial charge in [0.25, 0.3) is 0 Å². The molecule has 2 aromatic carbocycles. The quantitative estimate of drug-likeness (QED) is 0.232. The smallest absolute Gasteiger partial charge is 0.232 e. The van der Waals surface area contributed by atoms with Crippen molar-refractivity contribution in [2.24, 2.45) is 5.92 Å². The minimum Gasteiger partial charge on any atom is -0.472 e. The number of pyridine rings is 1. The van der Waals surface area contributed by atoms with E-state index in [4.69, 9.17) is 9.72 Å². The third kappa shape index (κ3) is 5.06. The largest absolute Gasteiger partial charge is 0.472 e. The molecule has 8 heteroatoms. The minimum atomic E-state index is -0.107. The summed E-state index contributed by atoms with van der Waals surface area (Å²) in [6, 6.07) is 25.2. The summed E-state index contributed by atoms with van der Waals surface area (Å²) < 4.78 is 8.24. The van der Waals surface area contributed by atoms with E-state index in [1.165, 1.54) is 5.56 Å². The van der Waals surface area contributed by atoms with E-state index < -0.39 is 0 Å². The molecule has 214 valence electrons. The number of ether oxygens (including phenoxy) is 1. The zero-order valence-electron chi connectivity index (χ0n) is 24.4. The molecule has 0 spiro atoms. The van der Waals surface area contributed by atoms with Crippen LogP contribution in [0.4, 0.5) is 0 Å². The van der Waals surface area contributed by atoms with E-state index in [0.29, 0.717) is 12.6 Å². The SMILES string of the molecule is CC(C)(c1ccnc(C#N)n1)C1CCN(Cc2ccc(-c3nc4n(c3-c3ccccc3)COc3ccncc3-4)cc2)CC1. The summed E-state index contributed by atoms with van der Waals surface area (Å²) in [5, 5.41) is 9.24. The molecule has 0 unspecified atom stereocenters. The van der Waals surface area contributed by atoms with Crippen LogP contribution in [0.1, 0.15) is 43.8 Å². The highest BCUT2D eigenvalue weighted by Gasteiger charge is 2.35. The van der Waals surface area contributed by atoms with Crippen LogP contribution in [0.2, 0.25) is 0 Å². The van der Waals surface area contributed by atoms with Gasteiger partial charge in [-0.1, -0.05) is 68.4 Å². The number of nitriles is 1. The van der Waals surface area contributed by atoms with Crippen LogP contribution >= 0.6 is 0 Å². The zero-order valence-corrected chi connectivity index (χ0v) is 24.4. The number of hydrogen-bond donors (Lipinski definition) is 0. The molecule has 2 aliphatic heterocycles. The molecule has 0 N–H and O–H groups in total. The van der Waals surface area contributed by atoms with Gasteiger partial charge in [0.05, 0.1) is 22.6 Å². The molecule has 8 nitrogen and oxygen atoms in total. The highest BCUT2D eigenvalue weighted by molar-refractivity contribution is 5.83. The summed E-state index contributed by atoms with van der Waals surface area (Å²) in [5.41, 5.74) is 7.22. The van der Waals surface area contributed by atoms with Crippen LogP contribution in [0.25, 0.3) is 33.9 Å². The number of fused-ring (bicyclic) bond motifs is 3. The van der Waals surface area contributed by atoms with Gasteiger partial charge in [0, 0.05) is 41.7 Å². The lowest BCUT2D eigenvalue weighted by molar-refractivity contribution is 0.134. The molecule has 7 rings (SSSR count). The third-order valence-corrected chi connectivity index (χ3v) is 9.04. The van der Waals surface area contributed by atoms with Crippen LogP contribution < -0.4 is 4.74 Å². The lowest BCUT2D eigenvalue weighted by atomic mass is 9.71. The maximum absolute atomic E-state index is 9.24. The average Bonchev–Trinajstić information content (AvgIpc) is 3.46. The number of likely N-dealkylation sites (tertiary alicyclic amines) is 1. The van der Waals surface area contributed by atoms with Crippen LogP contribution in [0.5, 0.6) is 5.75 Å². The molecule has 0 atom stereocenters. The number of rotatable bonds is 6. The number of imidazole rings is 1. The molecule has 1 fully saturated rings. The zero-order chi connectivity index (χ0) is 29.4. The van der Waals surface area contributed by atoms with E-state index in [1.54, 1.807) is 12.4 Å². The van der Waals surface area contributed by atoms with Crippen molar-refractivity contribution >= 4 is 0 Å². The topological polar surface area (TPSA) is 92.8 Å². The number of benzene rings is 2. The van der Waals surface area contributed by atoms with Crippen molar-refractivity contribution in [2.75, 3.05) is 13.1 Å².